The second-order valence-electron chi connectivity index (χ2n) is 4.14. The van der Waals surface area contributed by atoms with Gasteiger partial charge in [0.15, 0.2) is 0 Å². The lowest BCUT2D eigenvalue weighted by atomic mass is 10.3. The van der Waals surface area contributed by atoms with E-state index in [9.17, 15) is 14.4 Å². The van der Waals surface area contributed by atoms with E-state index in [0.717, 1.165) is 14.7 Å². The van der Waals surface area contributed by atoms with Crippen LogP contribution < -0.4 is 4.90 Å². The highest BCUT2D eigenvalue weighted by molar-refractivity contribution is 7.22. The van der Waals surface area contributed by atoms with Gasteiger partial charge in [-0.25, -0.2) is 9.69 Å². The molecule has 2 aromatic heterocycles. The highest BCUT2D eigenvalue weighted by Crippen LogP contribution is 2.39. The molecule has 0 fully saturated rings. The van der Waals surface area contributed by atoms with Gasteiger partial charge in [0.2, 0.25) is 0 Å². The summed E-state index contributed by atoms with van der Waals surface area (Å²) in [4.78, 5) is 38.5. The molecule has 0 atom stereocenters. The smallest absolute Gasteiger partial charge is 0.350 e. The van der Waals surface area contributed by atoms with Gasteiger partial charge in [-0.15, -0.1) is 22.7 Å². The van der Waals surface area contributed by atoms with E-state index in [0.29, 0.717) is 0 Å². The number of hydrogen-bond donors (Lipinski definition) is 0. The molecular weight excluding hydrogens is 310 g/mol. The van der Waals surface area contributed by atoms with E-state index in [1.54, 1.807) is 6.07 Å². The molecule has 106 valence electrons. The molecule has 0 aliphatic carbocycles. The first-order valence-electron chi connectivity index (χ1n) is 5.94. The summed E-state index contributed by atoms with van der Waals surface area (Å²) in [5, 5.41) is 1.92. The Morgan fingerprint density at radius 2 is 1.90 bits per heavy atom. The lowest BCUT2D eigenvalue weighted by molar-refractivity contribution is -0.119. The van der Waals surface area contributed by atoms with Crippen molar-refractivity contribution in [2.45, 2.75) is 0 Å². The first kappa shape index (κ1) is 13.7. The molecule has 21 heavy (non-hydrogen) atoms. The second-order valence-corrected chi connectivity index (χ2v) is 6.14. The maximum absolute atomic E-state index is 11.9. The lowest BCUT2D eigenvalue weighted by Gasteiger charge is -2.13. The van der Waals surface area contributed by atoms with Crippen LogP contribution in [0.5, 0.6) is 0 Å². The van der Waals surface area contributed by atoms with E-state index in [1.807, 2.05) is 17.5 Å². The van der Waals surface area contributed by atoms with Gasteiger partial charge in [0.1, 0.15) is 4.88 Å². The van der Waals surface area contributed by atoms with Gasteiger partial charge in [0.05, 0.1) is 12.8 Å². The molecule has 0 saturated heterocycles. The summed E-state index contributed by atoms with van der Waals surface area (Å²) < 4.78 is 4.74. The van der Waals surface area contributed by atoms with Gasteiger partial charge >= 0.3 is 5.97 Å². The third-order valence-corrected chi connectivity index (χ3v) is 5.07. The highest BCUT2D eigenvalue weighted by Gasteiger charge is 2.31. The molecule has 2 aromatic rings. The fraction of sp³-hybridized carbons (Fsp3) is 0.0714. The predicted octanol–water partition coefficient (Wildman–Crippen LogP) is 2.69. The minimum Gasteiger partial charge on any atom is -0.465 e. The van der Waals surface area contributed by atoms with E-state index in [4.69, 9.17) is 4.74 Å². The third kappa shape index (κ3) is 2.30. The molecule has 0 aromatic carbocycles. The van der Waals surface area contributed by atoms with E-state index < -0.39 is 17.8 Å². The van der Waals surface area contributed by atoms with Crippen LogP contribution in [-0.4, -0.2) is 24.9 Å². The number of anilines is 1. The molecule has 0 saturated carbocycles. The predicted molar refractivity (Wildman–Crippen MR) is 80.6 cm³/mol. The fourth-order valence-corrected chi connectivity index (χ4v) is 3.85. The average molecular weight is 319 g/mol. The first-order valence-corrected chi connectivity index (χ1v) is 7.63. The Morgan fingerprint density at radius 3 is 2.48 bits per heavy atom. The van der Waals surface area contributed by atoms with Crippen LogP contribution in [0, 0.1) is 0 Å². The molecule has 7 heteroatoms. The van der Waals surface area contributed by atoms with Crippen molar-refractivity contribution < 1.29 is 19.1 Å². The summed E-state index contributed by atoms with van der Waals surface area (Å²) in [5.41, 5.74) is 0.273. The fourth-order valence-electron chi connectivity index (χ4n) is 1.96. The molecule has 1 aliphatic heterocycles. The van der Waals surface area contributed by atoms with Crippen LogP contribution in [0.4, 0.5) is 5.69 Å². The van der Waals surface area contributed by atoms with E-state index >= 15 is 0 Å². The zero-order valence-corrected chi connectivity index (χ0v) is 12.5. The summed E-state index contributed by atoms with van der Waals surface area (Å²) in [6.07, 6.45) is 2.37. The minimum atomic E-state index is -0.565. The number of hydrogen-bond acceptors (Lipinski definition) is 6. The number of ether oxygens (including phenoxy) is 1. The Balaban J connectivity index is 2.12. The molecule has 3 heterocycles. The van der Waals surface area contributed by atoms with Gasteiger partial charge in [-0.1, -0.05) is 6.07 Å². The van der Waals surface area contributed by atoms with Crippen LogP contribution in [0.1, 0.15) is 9.67 Å². The van der Waals surface area contributed by atoms with Gasteiger partial charge in [-0.05, 0) is 17.5 Å². The van der Waals surface area contributed by atoms with Crippen LogP contribution in [0.2, 0.25) is 0 Å². The highest BCUT2D eigenvalue weighted by atomic mass is 32.1. The number of methoxy groups -OCH3 is 1. The molecule has 5 nitrogen and oxygen atoms in total. The van der Waals surface area contributed by atoms with Gasteiger partial charge < -0.3 is 4.74 Å². The molecular formula is C14H9NO4S2. The van der Waals surface area contributed by atoms with Crippen LogP contribution in [0.25, 0.3) is 9.75 Å². The number of rotatable bonds is 3. The van der Waals surface area contributed by atoms with Crippen molar-refractivity contribution in [3.63, 3.8) is 0 Å². The van der Waals surface area contributed by atoms with Crippen molar-refractivity contribution >= 4 is 46.1 Å². The molecule has 0 N–H and O–H groups in total. The number of carbonyl (C=O) groups is 3. The van der Waals surface area contributed by atoms with Crippen LogP contribution in [0.15, 0.2) is 35.7 Å². The van der Waals surface area contributed by atoms with Crippen LogP contribution >= 0.6 is 22.7 Å². The maximum Gasteiger partial charge on any atom is 0.350 e. The average Bonchev–Trinajstić information content (AvgIpc) is 3.18. The minimum absolute atomic E-state index is 0.242. The number of imide groups is 1. The Morgan fingerprint density at radius 1 is 1.19 bits per heavy atom. The quantitative estimate of drug-likeness (QED) is 0.644. The van der Waals surface area contributed by atoms with Crippen molar-refractivity contribution in [3.8, 4) is 9.75 Å². The Bertz CT molecular complexity index is 740. The molecule has 0 bridgehead atoms. The Labute approximate surface area is 128 Å². The standard InChI is InChI=1S/C14H9NO4S2/c1-19-14(18)13-8(15-11(16)4-5-12(15)17)7-10(21-13)9-3-2-6-20-9/h2-7H,1H3. The number of esters is 1. The first-order chi connectivity index (χ1) is 10.1. The van der Waals surface area contributed by atoms with E-state index in [2.05, 4.69) is 0 Å². The van der Waals surface area contributed by atoms with Gasteiger partial charge in [0.25, 0.3) is 11.8 Å². The molecule has 1 aliphatic rings. The third-order valence-electron chi connectivity index (χ3n) is 2.90. The zero-order chi connectivity index (χ0) is 15.0. The monoisotopic (exact) mass is 319 g/mol. The molecule has 2 amide bonds. The molecule has 3 rings (SSSR count). The van der Waals surface area contributed by atoms with Crippen molar-refractivity contribution in [2.24, 2.45) is 0 Å². The van der Waals surface area contributed by atoms with Gasteiger partial charge in [-0.2, -0.15) is 0 Å². The normalized spacial score (nSPS) is 14.0. The number of carbonyl (C=O) groups excluding carboxylic acids is 3. The van der Waals surface area contributed by atoms with Gasteiger partial charge in [-0.3, -0.25) is 9.59 Å². The summed E-state index contributed by atoms with van der Waals surface area (Å²) in [6, 6.07) is 5.48. The lowest BCUT2D eigenvalue weighted by Crippen LogP contribution is -2.30. The summed E-state index contributed by atoms with van der Waals surface area (Å²) in [6.45, 7) is 0. The van der Waals surface area contributed by atoms with Crippen molar-refractivity contribution in [3.05, 3.63) is 40.6 Å². The van der Waals surface area contributed by atoms with E-state index in [1.165, 1.54) is 41.9 Å². The van der Waals surface area contributed by atoms with Crippen LogP contribution in [-0.2, 0) is 14.3 Å². The molecule has 0 radical (unpaired) electrons. The molecule has 0 unspecified atom stereocenters. The number of nitrogens with zero attached hydrogens (tertiary/aromatic N) is 1. The SMILES string of the molecule is COC(=O)c1sc(-c2cccs2)cc1N1C(=O)C=CC1=O. The largest absolute Gasteiger partial charge is 0.465 e. The summed E-state index contributed by atoms with van der Waals surface area (Å²) in [7, 11) is 1.27. The number of amides is 2. The van der Waals surface area contributed by atoms with E-state index in [-0.39, 0.29) is 10.6 Å². The number of thiophene rings is 2. The summed E-state index contributed by atoms with van der Waals surface area (Å²) in [5.74, 6) is -1.48. The topological polar surface area (TPSA) is 63.7 Å². The van der Waals surface area contributed by atoms with Crippen molar-refractivity contribution in [1.29, 1.82) is 0 Å². The molecule has 0 spiro atoms. The maximum atomic E-state index is 11.9. The van der Waals surface area contributed by atoms with Crippen molar-refractivity contribution in [2.75, 3.05) is 12.0 Å². The Hall–Kier alpha value is -2.25. The summed E-state index contributed by atoms with van der Waals surface area (Å²) >= 11 is 2.72. The van der Waals surface area contributed by atoms with Crippen molar-refractivity contribution in [1.82, 2.24) is 0 Å². The zero-order valence-electron chi connectivity index (χ0n) is 10.9. The van der Waals surface area contributed by atoms with Gasteiger partial charge in [0, 0.05) is 21.9 Å². The Kier molecular flexibility index (Phi) is 3.44. The van der Waals surface area contributed by atoms with Crippen LogP contribution in [0.3, 0.4) is 0 Å². The second kappa shape index (κ2) is 5.27.